The van der Waals surface area contributed by atoms with Gasteiger partial charge in [0.05, 0.1) is 5.69 Å². The number of nitrogens with two attached hydrogens (primary N) is 1. The molecule has 0 radical (unpaired) electrons. The van der Waals surface area contributed by atoms with Crippen LogP contribution in [0.4, 0.5) is 17.1 Å². The van der Waals surface area contributed by atoms with Crippen LogP contribution in [0.5, 0.6) is 23.0 Å². The molecule has 11 aromatic rings. The summed E-state index contributed by atoms with van der Waals surface area (Å²) in [5.74, 6) is 1.41. The number of nitrogens with zero attached hydrogens (tertiary/aromatic N) is 11. The first-order chi connectivity index (χ1) is 33.6. The third kappa shape index (κ3) is 10.3. The van der Waals surface area contributed by atoms with Crippen molar-refractivity contribution in [1.29, 1.82) is 0 Å². The van der Waals surface area contributed by atoms with Crippen LogP contribution in [0.3, 0.4) is 0 Å². The maximum absolute atomic E-state index is 9.60. The second kappa shape index (κ2) is 20.4. The molecule has 0 saturated heterocycles. The van der Waals surface area contributed by atoms with Gasteiger partial charge in [-0.05, 0) is 147 Å². The average molecular weight is 1000 g/mol. The first-order valence-corrected chi connectivity index (χ1v) is 22.0. The minimum absolute atomic E-state index is 0. The Balaban J connectivity index is 0.000000286. The monoisotopic (exact) mass is 1000 g/mol. The molecule has 8 aromatic carbocycles. The number of fused-ring (bicyclic) bond motifs is 3. The van der Waals surface area contributed by atoms with Crippen molar-refractivity contribution in [3.63, 3.8) is 0 Å². The molecule has 3 N–H and O–H groups in total. The Labute approximate surface area is 420 Å². The van der Waals surface area contributed by atoms with Gasteiger partial charge in [0.1, 0.15) is 67.3 Å². The fourth-order valence-corrected chi connectivity index (χ4v) is 7.34. The van der Waals surface area contributed by atoms with Crippen LogP contribution in [0.1, 0.15) is 22.3 Å². The van der Waals surface area contributed by atoms with Gasteiger partial charge in [0.25, 0.3) is 0 Å². The Morgan fingerprint density at radius 1 is 0.414 bits per heavy atom. The molecule has 70 heavy (non-hydrogen) atoms. The van der Waals surface area contributed by atoms with Crippen molar-refractivity contribution < 1.29 is 45.5 Å². The summed E-state index contributed by atoms with van der Waals surface area (Å²) in [5.41, 5.74) is 17.7. The molecule has 0 amide bonds. The van der Waals surface area contributed by atoms with Gasteiger partial charge in [0, 0.05) is 26.2 Å². The summed E-state index contributed by atoms with van der Waals surface area (Å²) in [4.78, 5) is 4.70. The molecule has 11 rings (SSSR count). The van der Waals surface area contributed by atoms with Crippen LogP contribution in [-0.2, 0) is 26.2 Å². The summed E-state index contributed by atoms with van der Waals surface area (Å²) in [6.07, 6.45) is 0. The minimum Gasteiger partial charge on any atom is -0.506 e. The zero-order valence-corrected chi connectivity index (χ0v) is 40.9. The number of nitrogen functional groups attached to an aromatic ring is 1. The third-order valence-electron chi connectivity index (χ3n) is 10.9. The molecule has 3 heterocycles. The summed E-state index contributed by atoms with van der Waals surface area (Å²) in [7, 11) is 0. The molecule has 0 fully saturated rings. The van der Waals surface area contributed by atoms with Crippen molar-refractivity contribution in [3.05, 3.63) is 192 Å². The Hall–Kier alpha value is -8.56. The van der Waals surface area contributed by atoms with Gasteiger partial charge in [0.2, 0.25) is 0 Å². The van der Waals surface area contributed by atoms with E-state index >= 15 is 0 Å². The number of hydrogen-bond acceptors (Lipinski definition) is 13. The number of ether oxygens (including phenoxy) is 3. The zero-order valence-electron chi connectivity index (χ0n) is 38.4. The van der Waals surface area contributed by atoms with Crippen molar-refractivity contribution in [1.82, 2.24) is 45.0 Å². The first kappa shape index (κ1) is 46.5. The fourth-order valence-electron chi connectivity index (χ4n) is 7.34. The number of phenols is 1. The maximum Gasteiger partial charge on any atom is 0.406 e. The van der Waals surface area contributed by atoms with Gasteiger partial charge in [-0.1, -0.05) is 72.8 Å². The summed E-state index contributed by atoms with van der Waals surface area (Å²) in [6.45, 7) is 6.60. The molecule has 0 aliphatic rings. The van der Waals surface area contributed by atoms with E-state index in [2.05, 4.69) is 10.2 Å². The van der Waals surface area contributed by atoms with Crippen molar-refractivity contribution in [2.75, 3.05) is 5.73 Å². The van der Waals surface area contributed by atoms with Crippen LogP contribution in [-0.4, -0.2) is 56.6 Å². The predicted octanol–water partition coefficient (Wildman–Crippen LogP) is 11.3. The molecule has 0 unspecified atom stereocenters. The molecule has 0 atom stereocenters. The molecule has 0 aliphatic carbocycles. The normalized spacial score (nSPS) is 11.2. The van der Waals surface area contributed by atoms with Gasteiger partial charge < -0.3 is 25.1 Å². The number of aromatic hydroxyl groups is 1. The maximum atomic E-state index is 9.60. The van der Waals surface area contributed by atoms with Crippen LogP contribution in [0.15, 0.2) is 180 Å². The van der Waals surface area contributed by atoms with Crippen LogP contribution >= 0.6 is 0 Å². The van der Waals surface area contributed by atoms with Crippen molar-refractivity contribution in [3.8, 4) is 40.1 Å². The molecule has 0 saturated carbocycles. The topological polar surface area (TPSA) is 191 Å². The Morgan fingerprint density at radius 2 is 0.729 bits per heavy atom. The first-order valence-electron chi connectivity index (χ1n) is 22.0. The van der Waals surface area contributed by atoms with Gasteiger partial charge in [0.15, 0.2) is 17.2 Å². The SMILES string of the molecule is Cc1ccc(O)c(N=Nc2ccccc2N)c1.Cc1ccc(OC(Oc2ccc(C)cc2-n2nc3ccccc3n2)Oc2ccc(C)cc2-n2nc3ccccc3n2)c(-n2nc3ccccc3n2)c1.[Zr]. The van der Waals surface area contributed by atoms with Gasteiger partial charge in [-0.15, -0.1) is 55.2 Å². The number of rotatable bonds is 11. The molecule has 0 bridgehead atoms. The molecular weight excluding hydrogens is 960 g/mol. The fraction of sp³-hybridized carbons (Fsp3) is 0.0943. The van der Waals surface area contributed by atoms with Crippen molar-refractivity contribution >= 4 is 50.2 Å². The zero-order chi connectivity index (χ0) is 47.4. The van der Waals surface area contributed by atoms with Gasteiger partial charge in [-0.25, -0.2) is 0 Å². The van der Waals surface area contributed by atoms with Crippen molar-refractivity contribution in [2.45, 2.75) is 34.2 Å². The predicted molar refractivity (Wildman–Crippen MR) is 264 cm³/mol. The van der Waals surface area contributed by atoms with E-state index in [-0.39, 0.29) is 32.0 Å². The van der Waals surface area contributed by atoms with Crippen molar-refractivity contribution in [2.24, 2.45) is 10.2 Å². The van der Waals surface area contributed by atoms with E-state index in [1.165, 1.54) is 0 Å². The van der Waals surface area contributed by atoms with Gasteiger partial charge in [-0.3, -0.25) is 0 Å². The number of azo groups is 1. The largest absolute Gasteiger partial charge is 0.506 e. The summed E-state index contributed by atoms with van der Waals surface area (Å²) in [5, 5.41) is 46.0. The van der Waals surface area contributed by atoms with Gasteiger partial charge >= 0.3 is 6.48 Å². The number of aromatic nitrogens is 9. The van der Waals surface area contributed by atoms with E-state index in [4.69, 9.17) is 50.5 Å². The van der Waals surface area contributed by atoms with E-state index in [0.29, 0.717) is 51.4 Å². The summed E-state index contributed by atoms with van der Waals surface area (Å²) in [6, 6.07) is 52.7. The number of para-hydroxylation sites is 1. The number of benzene rings is 8. The molecule has 17 heteroatoms. The second-order valence-corrected chi connectivity index (χ2v) is 16.2. The standard InChI is InChI=1S/C40H31N9O3.C13H13N3O.Zr/c1-25-16-19-37(34(22-25)47-41-28-10-4-5-11-29(28)42-47)50-40(51-38-20-17-26(2)23-35(38)48-43-30-12-6-7-13-31(30)44-48)52-39-21-18-27(3)24-36(39)49-45-32-14-8-9-15-33(32)46-49;1-9-6-7-13(17)12(8-9)16-15-11-5-3-2-4-10(11)14;/h4-24,40H,1-3H3;2-8,17H,14H2,1H3;. The quantitative estimate of drug-likeness (QED) is 0.0712. The van der Waals surface area contributed by atoms with Crippen LogP contribution in [0, 0.1) is 27.7 Å². The molecule has 16 nitrogen and oxygen atoms in total. The molecule has 0 spiro atoms. The van der Waals surface area contributed by atoms with Crippen LogP contribution in [0.2, 0.25) is 0 Å². The Morgan fingerprint density at radius 3 is 1.10 bits per heavy atom. The number of phenolic OH excluding ortho intramolecular Hbond substituents is 1. The van der Waals surface area contributed by atoms with Gasteiger partial charge in [-0.2, -0.15) is 0 Å². The number of hydrogen-bond donors (Lipinski definition) is 2. The van der Waals surface area contributed by atoms with Crippen LogP contribution in [0.25, 0.3) is 50.2 Å². The van der Waals surface area contributed by atoms with E-state index in [1.54, 1.807) is 38.7 Å². The third-order valence-corrected chi connectivity index (χ3v) is 10.9. The number of aryl methyl sites for hydroxylation is 4. The minimum atomic E-state index is -1.33. The molecule has 0 aliphatic heterocycles. The molecule has 3 aromatic heterocycles. The van der Waals surface area contributed by atoms with Crippen LogP contribution < -0.4 is 19.9 Å². The Kier molecular flexibility index (Phi) is 13.5. The summed E-state index contributed by atoms with van der Waals surface area (Å²) >= 11 is 0. The van der Waals surface area contributed by atoms with E-state index in [9.17, 15) is 5.11 Å². The van der Waals surface area contributed by atoms with E-state index < -0.39 is 6.48 Å². The second-order valence-electron chi connectivity index (χ2n) is 16.2. The average Bonchev–Trinajstić information content (AvgIpc) is 4.11. The Bertz CT molecular complexity index is 3280. The van der Waals surface area contributed by atoms with E-state index in [1.807, 2.05) is 173 Å². The van der Waals surface area contributed by atoms with E-state index in [0.717, 1.165) is 55.4 Å². The summed E-state index contributed by atoms with van der Waals surface area (Å²) < 4.78 is 20.0. The number of anilines is 1. The molecular formula is C53H44N12O4Zr. The molecule has 344 valence electrons. The smallest absolute Gasteiger partial charge is 0.406 e.